The Bertz CT molecular complexity index is 291. The minimum Gasteiger partial charge on any atom is -0.352 e. The number of nitrogens with zero attached hydrogens (tertiary/aromatic N) is 1. The summed E-state index contributed by atoms with van der Waals surface area (Å²) in [5, 5.41) is 2.97. The van der Waals surface area contributed by atoms with Crippen molar-refractivity contribution in [2.45, 2.75) is 72.6 Å². The van der Waals surface area contributed by atoms with Gasteiger partial charge in [0.05, 0.1) is 26.2 Å². The Morgan fingerprint density at radius 3 is 1.64 bits per heavy atom. The number of carbonyl (C=O) groups is 1. The largest absolute Gasteiger partial charge is 0.352 e. The van der Waals surface area contributed by atoms with E-state index in [1.807, 2.05) is 0 Å². The second-order valence-electron chi connectivity index (χ2n) is 6.69. The summed E-state index contributed by atoms with van der Waals surface area (Å²) < 4.78 is 1.25. The maximum atomic E-state index is 11.6. The normalized spacial score (nSPS) is 11.5. The molecule has 0 atom stereocenters. The van der Waals surface area contributed by atoms with Gasteiger partial charge in [0.15, 0.2) is 0 Å². The molecule has 0 rings (SSSR count). The third-order valence-corrected chi connectivity index (χ3v) is 4.44. The molecule has 130 valence electrons. The predicted molar refractivity (Wildman–Crippen MR) is 96.9 cm³/mol. The number of hydrogen-bond donors (Lipinski definition) is 1. The maximum absolute atomic E-state index is 11.6. The molecule has 22 heavy (non-hydrogen) atoms. The number of nitrogens with one attached hydrogen (secondary N) is 1. The summed E-state index contributed by atoms with van der Waals surface area (Å²) in [4.78, 5) is 11.6. The molecule has 0 spiro atoms. The highest BCUT2D eigenvalue weighted by Gasteiger charge is 2.25. The topological polar surface area (TPSA) is 29.1 Å². The van der Waals surface area contributed by atoms with Crippen molar-refractivity contribution in [1.29, 1.82) is 0 Å². The van der Waals surface area contributed by atoms with Gasteiger partial charge in [-0.15, -0.1) is 0 Å². The van der Waals surface area contributed by atoms with E-state index in [0.29, 0.717) is 5.57 Å². The third-order valence-electron chi connectivity index (χ3n) is 4.44. The van der Waals surface area contributed by atoms with E-state index in [-0.39, 0.29) is 5.91 Å². The highest BCUT2D eigenvalue weighted by Crippen LogP contribution is 2.15. The first-order chi connectivity index (χ1) is 10.5. The van der Waals surface area contributed by atoms with Crippen LogP contribution in [-0.4, -0.2) is 43.1 Å². The molecule has 1 amide bonds. The molecule has 3 heteroatoms. The quantitative estimate of drug-likeness (QED) is 0.289. The zero-order valence-corrected chi connectivity index (χ0v) is 15.5. The van der Waals surface area contributed by atoms with Gasteiger partial charge in [-0.3, -0.25) is 4.79 Å². The third kappa shape index (κ3) is 9.24. The Morgan fingerprint density at radius 2 is 1.27 bits per heavy atom. The minimum atomic E-state index is -0.00576. The molecule has 0 aliphatic carbocycles. The van der Waals surface area contributed by atoms with Gasteiger partial charge in [-0.25, -0.2) is 0 Å². The van der Waals surface area contributed by atoms with Gasteiger partial charge in [-0.1, -0.05) is 46.6 Å². The number of rotatable bonds is 14. The lowest BCUT2D eigenvalue weighted by Gasteiger charge is -2.39. The fourth-order valence-corrected chi connectivity index (χ4v) is 2.92. The fourth-order valence-electron chi connectivity index (χ4n) is 2.92. The Morgan fingerprint density at radius 1 is 0.864 bits per heavy atom. The van der Waals surface area contributed by atoms with E-state index >= 15 is 0 Å². The van der Waals surface area contributed by atoms with Crippen LogP contribution in [0.2, 0.25) is 0 Å². The molecule has 0 aromatic carbocycles. The highest BCUT2D eigenvalue weighted by molar-refractivity contribution is 5.91. The molecule has 0 aromatic rings. The molecule has 0 fully saturated rings. The van der Waals surface area contributed by atoms with Crippen LogP contribution < -0.4 is 5.32 Å². The zero-order chi connectivity index (χ0) is 16.8. The van der Waals surface area contributed by atoms with Crippen LogP contribution in [0.3, 0.4) is 0 Å². The maximum Gasteiger partial charge on any atom is 0.246 e. The van der Waals surface area contributed by atoms with Gasteiger partial charge >= 0.3 is 0 Å². The van der Waals surface area contributed by atoms with Crippen LogP contribution >= 0.6 is 0 Å². The van der Waals surface area contributed by atoms with E-state index in [9.17, 15) is 4.79 Å². The van der Waals surface area contributed by atoms with Crippen LogP contribution in [0.5, 0.6) is 0 Å². The number of hydrogen-bond acceptors (Lipinski definition) is 1. The first-order valence-corrected chi connectivity index (χ1v) is 9.30. The van der Waals surface area contributed by atoms with Crippen LogP contribution in [0.15, 0.2) is 12.2 Å². The van der Waals surface area contributed by atoms with Crippen molar-refractivity contribution < 1.29 is 9.28 Å². The molecule has 0 bridgehead atoms. The summed E-state index contributed by atoms with van der Waals surface area (Å²) in [6, 6.07) is 0. The first-order valence-electron chi connectivity index (χ1n) is 9.30. The number of quaternary nitrogens is 1. The SMILES string of the molecule is C=C(C)C(=O)NCCC[N+](CCCC)(CCCC)CCCC. The summed E-state index contributed by atoms with van der Waals surface area (Å²) in [5.41, 5.74) is 0.601. The number of unbranched alkanes of at least 4 members (excludes halogenated alkanes) is 3. The van der Waals surface area contributed by atoms with Crippen molar-refractivity contribution in [3.8, 4) is 0 Å². The van der Waals surface area contributed by atoms with Gasteiger partial charge in [0.25, 0.3) is 0 Å². The molecule has 0 radical (unpaired) electrons. The van der Waals surface area contributed by atoms with Crippen molar-refractivity contribution in [3.63, 3.8) is 0 Å². The molecule has 1 N–H and O–H groups in total. The van der Waals surface area contributed by atoms with E-state index in [2.05, 4.69) is 32.7 Å². The Hall–Kier alpha value is -0.830. The summed E-state index contributed by atoms with van der Waals surface area (Å²) in [5.74, 6) is -0.00576. The second kappa shape index (κ2) is 12.7. The van der Waals surface area contributed by atoms with Crippen molar-refractivity contribution in [3.05, 3.63) is 12.2 Å². The molecule has 0 saturated carbocycles. The summed E-state index contributed by atoms with van der Waals surface area (Å²) in [7, 11) is 0. The van der Waals surface area contributed by atoms with Crippen molar-refractivity contribution in [2.75, 3.05) is 32.7 Å². The van der Waals surface area contributed by atoms with Crippen LogP contribution in [0.25, 0.3) is 0 Å². The van der Waals surface area contributed by atoms with Crippen LogP contribution in [0.1, 0.15) is 72.6 Å². The molecule has 3 nitrogen and oxygen atoms in total. The van der Waals surface area contributed by atoms with Crippen molar-refractivity contribution in [2.24, 2.45) is 0 Å². The second-order valence-corrected chi connectivity index (χ2v) is 6.69. The number of amides is 1. The minimum absolute atomic E-state index is 0.00576. The Balaban J connectivity index is 4.50. The Kier molecular flexibility index (Phi) is 12.2. The lowest BCUT2D eigenvalue weighted by atomic mass is 10.1. The van der Waals surface area contributed by atoms with E-state index in [1.54, 1.807) is 6.92 Å². The zero-order valence-electron chi connectivity index (χ0n) is 15.5. The smallest absolute Gasteiger partial charge is 0.246 e. The van der Waals surface area contributed by atoms with E-state index in [1.165, 1.54) is 69.2 Å². The van der Waals surface area contributed by atoms with Gasteiger partial charge < -0.3 is 9.80 Å². The van der Waals surface area contributed by atoms with Gasteiger partial charge in [0, 0.05) is 18.5 Å². The van der Waals surface area contributed by atoms with Gasteiger partial charge in [0.2, 0.25) is 5.91 Å². The highest BCUT2D eigenvalue weighted by atomic mass is 16.1. The molecule has 0 aliphatic rings. The Labute approximate surface area is 138 Å². The van der Waals surface area contributed by atoms with E-state index in [4.69, 9.17) is 0 Å². The molecule has 0 aliphatic heterocycles. The van der Waals surface area contributed by atoms with Gasteiger partial charge in [-0.2, -0.15) is 0 Å². The van der Waals surface area contributed by atoms with Gasteiger partial charge in [-0.05, 0) is 26.2 Å². The standard InChI is InChI=1S/C19H38N2O/c1-6-9-14-21(15-10-7-2,16-11-8-3)17-12-13-20-19(22)18(4)5/h4,6-17H2,1-3,5H3/p+1. The first kappa shape index (κ1) is 21.2. The van der Waals surface area contributed by atoms with Crippen LogP contribution in [-0.2, 0) is 4.79 Å². The summed E-state index contributed by atoms with van der Waals surface area (Å²) >= 11 is 0. The lowest BCUT2D eigenvalue weighted by molar-refractivity contribution is -0.929. The fraction of sp³-hybridized carbons (Fsp3) is 0.842. The molecular weight excluding hydrogens is 272 g/mol. The van der Waals surface area contributed by atoms with Crippen LogP contribution in [0.4, 0.5) is 0 Å². The molecule has 0 aromatic heterocycles. The average Bonchev–Trinajstić information content (AvgIpc) is 2.52. The van der Waals surface area contributed by atoms with Crippen molar-refractivity contribution >= 4 is 5.91 Å². The van der Waals surface area contributed by atoms with Crippen LogP contribution in [0, 0.1) is 0 Å². The van der Waals surface area contributed by atoms with Gasteiger partial charge in [0.1, 0.15) is 0 Å². The predicted octanol–water partition coefficient (Wildman–Crippen LogP) is 4.29. The number of carbonyl (C=O) groups excluding carboxylic acids is 1. The molecule has 0 saturated heterocycles. The average molecular weight is 312 g/mol. The molecular formula is C19H39N2O+. The summed E-state index contributed by atoms with van der Waals surface area (Å²) in [6.45, 7) is 18.1. The lowest BCUT2D eigenvalue weighted by Crippen LogP contribution is -2.51. The molecule has 0 heterocycles. The molecule has 0 unspecified atom stereocenters. The van der Waals surface area contributed by atoms with Crippen molar-refractivity contribution in [1.82, 2.24) is 5.32 Å². The van der Waals surface area contributed by atoms with E-state index < -0.39 is 0 Å². The summed E-state index contributed by atoms with van der Waals surface area (Å²) in [6.07, 6.45) is 8.80. The van der Waals surface area contributed by atoms with E-state index in [0.717, 1.165) is 13.0 Å². The monoisotopic (exact) mass is 311 g/mol.